The zero-order chi connectivity index (χ0) is 11.9. The van der Waals surface area contributed by atoms with E-state index in [1.165, 1.54) is 15.2 Å². The first-order chi connectivity index (χ1) is 7.60. The molecule has 0 radical (unpaired) electrons. The van der Waals surface area contributed by atoms with E-state index in [1.54, 1.807) is 3.97 Å². The summed E-state index contributed by atoms with van der Waals surface area (Å²) in [7, 11) is 8.26. The van der Waals surface area contributed by atoms with Crippen LogP contribution in [-0.2, 0) is 0 Å². The number of hydrogen-bond acceptors (Lipinski definition) is 2. The summed E-state index contributed by atoms with van der Waals surface area (Å²) in [6.07, 6.45) is 0. The summed E-state index contributed by atoms with van der Waals surface area (Å²) in [5.41, 5.74) is 1.45. The van der Waals surface area contributed by atoms with Crippen LogP contribution >= 0.6 is 67.9 Å². The van der Waals surface area contributed by atoms with Crippen molar-refractivity contribution >= 4 is 78.8 Å². The molecule has 0 saturated heterocycles. The SMILES string of the molecule is Cc1cc(F)c2c(cc(SCl)n2SI)c1Br. The standard InChI is InChI=1S/C9H5BrClFINS2/c1-4-2-6(12)9-5(8(4)10)3-7(15-11)14(9)16-13/h2-3H,1H3. The van der Waals surface area contributed by atoms with Crippen molar-refractivity contribution < 1.29 is 4.39 Å². The van der Waals surface area contributed by atoms with Crippen molar-refractivity contribution in [3.63, 3.8) is 0 Å². The van der Waals surface area contributed by atoms with Crippen LogP contribution in [0.1, 0.15) is 5.56 Å². The monoisotopic (exact) mass is 451 g/mol. The maximum atomic E-state index is 13.9. The zero-order valence-electron chi connectivity index (χ0n) is 7.93. The molecule has 16 heavy (non-hydrogen) atoms. The Balaban J connectivity index is 2.91. The summed E-state index contributed by atoms with van der Waals surface area (Å²) in [6, 6.07) is 3.41. The summed E-state index contributed by atoms with van der Waals surface area (Å²) in [5, 5.41) is 1.67. The average molecular weight is 453 g/mol. The van der Waals surface area contributed by atoms with Crippen LogP contribution in [0.25, 0.3) is 10.9 Å². The van der Waals surface area contributed by atoms with Gasteiger partial charge in [-0.2, -0.15) is 0 Å². The lowest BCUT2D eigenvalue weighted by atomic mass is 10.2. The number of fused-ring (bicyclic) bond motifs is 1. The van der Waals surface area contributed by atoms with Crippen LogP contribution < -0.4 is 0 Å². The van der Waals surface area contributed by atoms with E-state index in [0.29, 0.717) is 5.52 Å². The second kappa shape index (κ2) is 5.26. The largest absolute Gasteiger partial charge is 0.265 e. The number of halogens is 4. The van der Waals surface area contributed by atoms with Crippen molar-refractivity contribution in [1.82, 2.24) is 3.97 Å². The van der Waals surface area contributed by atoms with Crippen molar-refractivity contribution in [3.05, 3.63) is 28.0 Å². The van der Waals surface area contributed by atoms with Crippen LogP contribution in [0.2, 0.25) is 0 Å². The van der Waals surface area contributed by atoms with Crippen molar-refractivity contribution in [3.8, 4) is 0 Å². The Hall–Kier alpha value is 0.890. The predicted molar refractivity (Wildman–Crippen MR) is 83.1 cm³/mol. The number of aromatic nitrogens is 1. The predicted octanol–water partition coefficient (Wildman–Crippen LogP) is 5.94. The topological polar surface area (TPSA) is 4.93 Å². The summed E-state index contributed by atoms with van der Waals surface area (Å²) in [6.45, 7) is 1.87. The lowest BCUT2D eigenvalue weighted by Crippen LogP contribution is -1.89. The molecule has 0 unspecified atom stereocenters. The lowest BCUT2D eigenvalue weighted by Gasteiger charge is -2.05. The number of rotatable bonds is 2. The van der Waals surface area contributed by atoms with Crippen LogP contribution in [0.5, 0.6) is 0 Å². The Kier molecular flexibility index (Phi) is 4.38. The smallest absolute Gasteiger partial charge is 0.148 e. The molecule has 0 aliphatic rings. The normalized spacial score (nSPS) is 11.3. The van der Waals surface area contributed by atoms with E-state index in [1.807, 2.05) is 13.0 Å². The van der Waals surface area contributed by atoms with Gasteiger partial charge in [-0.15, -0.1) is 0 Å². The van der Waals surface area contributed by atoms with Crippen molar-refractivity contribution in [1.29, 1.82) is 0 Å². The first kappa shape index (κ1) is 13.3. The van der Waals surface area contributed by atoms with Gasteiger partial charge in [-0.3, -0.25) is 3.97 Å². The van der Waals surface area contributed by atoms with Crippen LogP contribution in [0.4, 0.5) is 4.39 Å². The molecule has 0 fully saturated rings. The molecule has 0 bridgehead atoms. The van der Waals surface area contributed by atoms with E-state index in [-0.39, 0.29) is 5.82 Å². The van der Waals surface area contributed by atoms with Gasteiger partial charge in [0.2, 0.25) is 0 Å². The molecule has 1 nitrogen and oxygen atoms in total. The Morgan fingerprint density at radius 1 is 1.50 bits per heavy atom. The van der Waals surface area contributed by atoms with Gasteiger partial charge in [0.25, 0.3) is 0 Å². The van der Waals surface area contributed by atoms with Gasteiger partial charge in [0.05, 0.1) is 5.52 Å². The van der Waals surface area contributed by atoms with Gasteiger partial charge in [0.1, 0.15) is 10.8 Å². The van der Waals surface area contributed by atoms with Crippen LogP contribution in [0.15, 0.2) is 21.6 Å². The minimum absolute atomic E-state index is 0.225. The summed E-state index contributed by atoms with van der Waals surface area (Å²) >= 11 is 5.59. The van der Waals surface area contributed by atoms with E-state index in [0.717, 1.165) is 31.4 Å². The third-order valence-electron chi connectivity index (χ3n) is 2.23. The second-order valence-corrected chi connectivity index (χ2v) is 6.69. The number of aryl methyl sites for hydroxylation is 1. The maximum absolute atomic E-state index is 13.9. The molecule has 2 aromatic rings. The van der Waals surface area contributed by atoms with Crippen LogP contribution in [0, 0.1) is 12.7 Å². The first-order valence-corrected chi connectivity index (χ1v) is 9.93. The Bertz CT molecular complexity index is 560. The molecule has 7 heteroatoms. The molecule has 2 rings (SSSR count). The summed E-state index contributed by atoms with van der Waals surface area (Å²) < 4.78 is 16.6. The number of nitrogens with zero attached hydrogens (tertiary/aromatic N) is 1. The van der Waals surface area contributed by atoms with Crippen LogP contribution in [-0.4, -0.2) is 3.97 Å². The molecular formula is C9H5BrClFINS2. The summed E-state index contributed by atoms with van der Waals surface area (Å²) in [4.78, 5) is 0. The molecule has 0 N–H and O–H groups in total. The molecule has 0 aliphatic carbocycles. The molecule has 0 aliphatic heterocycles. The molecule has 0 spiro atoms. The minimum atomic E-state index is -0.225. The number of benzene rings is 1. The third kappa shape index (κ3) is 2.11. The van der Waals surface area contributed by atoms with Crippen LogP contribution in [0.3, 0.4) is 0 Å². The van der Waals surface area contributed by atoms with E-state index in [2.05, 4.69) is 37.1 Å². The first-order valence-electron chi connectivity index (χ1n) is 4.18. The lowest BCUT2D eigenvalue weighted by molar-refractivity contribution is 0.634. The third-order valence-corrected chi connectivity index (χ3v) is 6.03. The molecule has 1 heterocycles. The molecule has 0 saturated carbocycles. The Labute approximate surface area is 126 Å². The molecule has 86 valence electrons. The van der Waals surface area contributed by atoms with E-state index < -0.39 is 0 Å². The average Bonchev–Trinajstić information content (AvgIpc) is 2.64. The second-order valence-electron chi connectivity index (χ2n) is 3.17. The van der Waals surface area contributed by atoms with Gasteiger partial charge in [-0.05, 0) is 51.2 Å². The Morgan fingerprint density at radius 2 is 2.19 bits per heavy atom. The molecule has 1 aromatic carbocycles. The van der Waals surface area contributed by atoms with Crippen molar-refractivity contribution in [2.24, 2.45) is 0 Å². The van der Waals surface area contributed by atoms with E-state index in [9.17, 15) is 4.39 Å². The van der Waals surface area contributed by atoms with Gasteiger partial charge in [-0.25, -0.2) is 4.39 Å². The maximum Gasteiger partial charge on any atom is 0.148 e. The van der Waals surface area contributed by atoms with Gasteiger partial charge < -0.3 is 0 Å². The molecule has 0 atom stereocenters. The summed E-state index contributed by atoms with van der Waals surface area (Å²) in [5.74, 6) is -0.225. The van der Waals surface area contributed by atoms with Crippen molar-refractivity contribution in [2.45, 2.75) is 11.9 Å². The highest BCUT2D eigenvalue weighted by Crippen LogP contribution is 2.40. The quantitative estimate of drug-likeness (QED) is 0.520. The highest BCUT2D eigenvalue weighted by molar-refractivity contribution is 14.2. The number of hydrogen-bond donors (Lipinski definition) is 0. The molecular weight excluding hydrogens is 447 g/mol. The minimum Gasteiger partial charge on any atom is -0.265 e. The van der Waals surface area contributed by atoms with Gasteiger partial charge in [-0.1, -0.05) is 0 Å². The molecule has 1 aromatic heterocycles. The highest BCUT2D eigenvalue weighted by atomic mass is 127. The fraction of sp³-hybridized carbons (Fsp3) is 0.111. The zero-order valence-corrected chi connectivity index (χ0v) is 14.1. The van der Waals surface area contributed by atoms with Gasteiger partial charge >= 0.3 is 0 Å². The fourth-order valence-corrected chi connectivity index (χ4v) is 4.94. The fourth-order valence-electron chi connectivity index (χ4n) is 1.52. The highest BCUT2D eigenvalue weighted by Gasteiger charge is 2.16. The van der Waals surface area contributed by atoms with Gasteiger partial charge in [0.15, 0.2) is 0 Å². The van der Waals surface area contributed by atoms with Crippen molar-refractivity contribution in [2.75, 3.05) is 0 Å². The molecule has 0 amide bonds. The van der Waals surface area contributed by atoms with E-state index >= 15 is 0 Å². The van der Waals surface area contributed by atoms with E-state index in [4.69, 9.17) is 10.7 Å². The van der Waals surface area contributed by atoms with Gasteiger partial charge in [0, 0.05) is 51.2 Å². The Morgan fingerprint density at radius 3 is 2.75 bits per heavy atom.